The minimum atomic E-state index is -3.21. The summed E-state index contributed by atoms with van der Waals surface area (Å²) in [7, 11) is 0. The maximum atomic E-state index is 12.9. The van der Waals surface area contributed by atoms with E-state index < -0.39 is 42.7 Å². The molecule has 2 aliphatic rings. The standard InChI is InChI=1S/C10H12F5NO/c11-6-1-2-16(3-6)8(17)9(7(12)13)4-10(14,15)5-9/h6-7H,1-5H2. The van der Waals surface area contributed by atoms with E-state index in [0.717, 1.165) is 4.90 Å². The van der Waals surface area contributed by atoms with Crippen LogP contribution in [-0.4, -0.2) is 42.4 Å². The lowest BCUT2D eigenvalue weighted by atomic mass is 9.65. The lowest BCUT2D eigenvalue weighted by molar-refractivity contribution is -0.218. The first kappa shape index (κ1) is 12.6. The summed E-state index contributed by atoms with van der Waals surface area (Å²) in [6, 6.07) is 0. The van der Waals surface area contributed by atoms with E-state index in [2.05, 4.69) is 0 Å². The van der Waals surface area contributed by atoms with E-state index in [1.165, 1.54) is 0 Å². The number of likely N-dealkylation sites (tertiary alicyclic amines) is 1. The Labute approximate surface area is 94.8 Å². The fourth-order valence-corrected chi connectivity index (χ4v) is 2.49. The zero-order chi connectivity index (χ0) is 12.8. The third-order valence-electron chi connectivity index (χ3n) is 3.41. The lowest BCUT2D eigenvalue weighted by Crippen LogP contribution is -2.59. The molecule has 98 valence electrons. The Morgan fingerprint density at radius 2 is 1.88 bits per heavy atom. The van der Waals surface area contributed by atoms with Gasteiger partial charge in [-0.3, -0.25) is 4.79 Å². The Balaban J connectivity index is 2.11. The van der Waals surface area contributed by atoms with Gasteiger partial charge < -0.3 is 4.90 Å². The molecule has 0 aromatic heterocycles. The van der Waals surface area contributed by atoms with Crippen molar-refractivity contribution in [3.05, 3.63) is 0 Å². The second-order valence-corrected chi connectivity index (χ2v) is 4.80. The summed E-state index contributed by atoms with van der Waals surface area (Å²) in [6.07, 6.45) is -6.56. The summed E-state index contributed by atoms with van der Waals surface area (Å²) in [6.45, 7) is -0.237. The van der Waals surface area contributed by atoms with Gasteiger partial charge in [0, 0.05) is 19.4 Å². The van der Waals surface area contributed by atoms with Crippen LogP contribution >= 0.6 is 0 Å². The van der Waals surface area contributed by atoms with Crippen molar-refractivity contribution in [2.75, 3.05) is 13.1 Å². The van der Waals surface area contributed by atoms with E-state index in [1.54, 1.807) is 0 Å². The molecule has 1 atom stereocenters. The van der Waals surface area contributed by atoms with E-state index in [0.29, 0.717) is 0 Å². The molecule has 17 heavy (non-hydrogen) atoms. The Hall–Kier alpha value is -0.880. The maximum absolute atomic E-state index is 12.9. The number of rotatable bonds is 2. The molecule has 2 nitrogen and oxygen atoms in total. The summed E-state index contributed by atoms with van der Waals surface area (Å²) in [5.41, 5.74) is -2.30. The molecule has 1 amide bonds. The molecule has 7 heteroatoms. The molecule has 0 radical (unpaired) electrons. The van der Waals surface area contributed by atoms with Gasteiger partial charge in [-0.05, 0) is 6.42 Å². The van der Waals surface area contributed by atoms with Gasteiger partial charge in [0.05, 0.1) is 6.54 Å². The van der Waals surface area contributed by atoms with E-state index >= 15 is 0 Å². The van der Waals surface area contributed by atoms with Crippen LogP contribution in [0.3, 0.4) is 0 Å². The molecular formula is C10H12F5NO. The predicted octanol–water partition coefficient (Wildman–Crippen LogP) is 2.24. The molecule has 1 saturated heterocycles. The van der Waals surface area contributed by atoms with Crippen molar-refractivity contribution >= 4 is 5.91 Å². The molecule has 0 aromatic carbocycles. The second-order valence-electron chi connectivity index (χ2n) is 4.80. The molecule has 2 fully saturated rings. The molecule has 1 unspecified atom stereocenters. The number of hydrogen-bond acceptors (Lipinski definition) is 1. The van der Waals surface area contributed by atoms with Gasteiger partial charge in [-0.2, -0.15) is 0 Å². The quantitative estimate of drug-likeness (QED) is 0.695. The number of carbonyl (C=O) groups excluding carboxylic acids is 1. The summed E-state index contributed by atoms with van der Waals surface area (Å²) >= 11 is 0. The van der Waals surface area contributed by atoms with E-state index in [1.807, 2.05) is 0 Å². The highest BCUT2D eigenvalue weighted by Gasteiger charge is 2.66. The Kier molecular flexibility index (Phi) is 2.82. The third-order valence-corrected chi connectivity index (χ3v) is 3.41. The van der Waals surface area contributed by atoms with Crippen LogP contribution < -0.4 is 0 Å². The minimum absolute atomic E-state index is 0.0278. The van der Waals surface area contributed by atoms with E-state index in [9.17, 15) is 26.7 Å². The van der Waals surface area contributed by atoms with Gasteiger partial charge in [-0.15, -0.1) is 0 Å². The van der Waals surface area contributed by atoms with Gasteiger partial charge in [0.2, 0.25) is 5.91 Å². The second kappa shape index (κ2) is 3.81. The topological polar surface area (TPSA) is 20.3 Å². The highest BCUT2D eigenvalue weighted by Crippen LogP contribution is 2.56. The molecule has 1 aliphatic carbocycles. The SMILES string of the molecule is O=C(N1CCC(F)C1)C1(C(F)F)CC(F)(F)C1. The fraction of sp³-hybridized carbons (Fsp3) is 0.900. The van der Waals surface area contributed by atoms with E-state index in [-0.39, 0.29) is 19.5 Å². The van der Waals surface area contributed by atoms with E-state index in [4.69, 9.17) is 0 Å². The monoisotopic (exact) mass is 257 g/mol. The predicted molar refractivity (Wildman–Crippen MR) is 48.7 cm³/mol. The molecule has 1 saturated carbocycles. The molecule has 2 rings (SSSR count). The van der Waals surface area contributed by atoms with Crippen molar-refractivity contribution in [3.8, 4) is 0 Å². The Morgan fingerprint density at radius 1 is 1.29 bits per heavy atom. The molecule has 0 N–H and O–H groups in total. The van der Waals surface area contributed by atoms with Crippen LogP contribution in [0.1, 0.15) is 19.3 Å². The molecule has 0 spiro atoms. The maximum Gasteiger partial charge on any atom is 0.253 e. The molecule has 0 bridgehead atoms. The van der Waals surface area contributed by atoms with Crippen LogP contribution in [0.5, 0.6) is 0 Å². The fourth-order valence-electron chi connectivity index (χ4n) is 2.49. The van der Waals surface area contributed by atoms with Gasteiger partial charge in [0.25, 0.3) is 12.3 Å². The van der Waals surface area contributed by atoms with Crippen molar-refractivity contribution in [2.24, 2.45) is 5.41 Å². The van der Waals surface area contributed by atoms with Crippen LogP contribution in [0.15, 0.2) is 0 Å². The first-order chi connectivity index (χ1) is 7.77. The van der Waals surface area contributed by atoms with Gasteiger partial charge in [-0.1, -0.05) is 0 Å². The number of halogens is 5. The van der Waals surface area contributed by atoms with Crippen molar-refractivity contribution in [1.29, 1.82) is 0 Å². The normalized spacial score (nSPS) is 30.5. The molecule has 1 aliphatic heterocycles. The Bertz CT molecular complexity index is 325. The first-order valence-corrected chi connectivity index (χ1v) is 5.36. The van der Waals surface area contributed by atoms with Crippen molar-refractivity contribution < 1.29 is 26.7 Å². The van der Waals surface area contributed by atoms with Crippen LogP contribution in [0.25, 0.3) is 0 Å². The van der Waals surface area contributed by atoms with Gasteiger partial charge in [-0.25, -0.2) is 22.0 Å². The van der Waals surface area contributed by atoms with Crippen LogP contribution in [0.2, 0.25) is 0 Å². The van der Waals surface area contributed by atoms with Crippen molar-refractivity contribution in [2.45, 2.75) is 37.8 Å². The van der Waals surface area contributed by atoms with Crippen LogP contribution in [0.4, 0.5) is 22.0 Å². The van der Waals surface area contributed by atoms with Gasteiger partial charge >= 0.3 is 0 Å². The third kappa shape index (κ3) is 1.99. The zero-order valence-corrected chi connectivity index (χ0v) is 8.94. The number of carbonyl (C=O) groups is 1. The molecule has 0 aromatic rings. The number of hydrogen-bond donors (Lipinski definition) is 0. The highest BCUT2D eigenvalue weighted by atomic mass is 19.3. The lowest BCUT2D eigenvalue weighted by Gasteiger charge is -2.46. The summed E-state index contributed by atoms with van der Waals surface area (Å²) < 4.78 is 64.0. The van der Waals surface area contributed by atoms with Crippen molar-refractivity contribution in [1.82, 2.24) is 4.90 Å². The molecular weight excluding hydrogens is 245 g/mol. The number of alkyl halides is 5. The summed E-state index contributed by atoms with van der Waals surface area (Å²) in [4.78, 5) is 12.7. The smallest absolute Gasteiger partial charge is 0.253 e. The van der Waals surface area contributed by atoms with Crippen molar-refractivity contribution in [3.63, 3.8) is 0 Å². The van der Waals surface area contributed by atoms with Gasteiger partial charge in [0.15, 0.2) is 0 Å². The zero-order valence-electron chi connectivity index (χ0n) is 8.94. The largest absolute Gasteiger partial charge is 0.339 e. The van der Waals surface area contributed by atoms with Gasteiger partial charge in [0.1, 0.15) is 11.6 Å². The average Bonchev–Trinajstić information content (AvgIpc) is 2.59. The van der Waals surface area contributed by atoms with Crippen LogP contribution in [0, 0.1) is 5.41 Å². The highest BCUT2D eigenvalue weighted by molar-refractivity contribution is 5.85. The Morgan fingerprint density at radius 3 is 2.24 bits per heavy atom. The average molecular weight is 257 g/mol. The minimum Gasteiger partial charge on any atom is -0.339 e. The van der Waals surface area contributed by atoms with Crippen LogP contribution in [-0.2, 0) is 4.79 Å². The summed E-state index contributed by atoms with van der Waals surface area (Å²) in [5.74, 6) is -4.24. The molecule has 1 heterocycles. The summed E-state index contributed by atoms with van der Waals surface area (Å²) in [5, 5.41) is 0. The number of nitrogens with zero attached hydrogens (tertiary/aromatic N) is 1. The number of amides is 1. The first-order valence-electron chi connectivity index (χ1n) is 5.36.